The van der Waals surface area contributed by atoms with Crippen molar-refractivity contribution < 1.29 is 9.53 Å². The molecule has 0 unspecified atom stereocenters. The van der Waals surface area contributed by atoms with Crippen LogP contribution in [-0.4, -0.2) is 23.5 Å². The number of para-hydroxylation sites is 1. The van der Waals surface area contributed by atoms with E-state index in [0.29, 0.717) is 6.54 Å². The third-order valence-corrected chi connectivity index (χ3v) is 3.29. The molecular formula is C17H20N2O3. The lowest BCUT2D eigenvalue weighted by Gasteiger charge is -2.18. The second-order valence-corrected chi connectivity index (χ2v) is 5.07. The molecule has 116 valence electrons. The quantitative estimate of drug-likeness (QED) is 0.859. The molecule has 0 aliphatic heterocycles. The monoisotopic (exact) mass is 300 g/mol. The number of H-pyrrole nitrogens is 1. The van der Waals surface area contributed by atoms with Crippen molar-refractivity contribution in [2.24, 2.45) is 0 Å². The van der Waals surface area contributed by atoms with E-state index in [-0.39, 0.29) is 17.1 Å². The van der Waals surface area contributed by atoms with Gasteiger partial charge in [-0.3, -0.25) is 9.59 Å². The summed E-state index contributed by atoms with van der Waals surface area (Å²) in [6.07, 6.45) is 2.04. The molecule has 2 aromatic rings. The molecule has 0 spiro atoms. The van der Waals surface area contributed by atoms with Crippen LogP contribution in [0.15, 0.2) is 47.4 Å². The summed E-state index contributed by atoms with van der Waals surface area (Å²) in [7, 11) is 0. The van der Waals surface area contributed by atoms with E-state index < -0.39 is 5.91 Å². The summed E-state index contributed by atoms with van der Waals surface area (Å²) in [5.74, 6) is 0.369. The lowest BCUT2D eigenvalue weighted by atomic mass is 10.2. The zero-order chi connectivity index (χ0) is 15.9. The molecule has 1 amide bonds. The second kappa shape index (κ2) is 7.45. The van der Waals surface area contributed by atoms with Crippen LogP contribution in [0.3, 0.4) is 0 Å². The minimum absolute atomic E-state index is 0.111. The third-order valence-electron chi connectivity index (χ3n) is 3.29. The normalized spacial score (nSPS) is 11.7. The van der Waals surface area contributed by atoms with Crippen LogP contribution in [0.25, 0.3) is 0 Å². The van der Waals surface area contributed by atoms with Crippen LogP contribution >= 0.6 is 0 Å². The maximum Gasteiger partial charge on any atom is 0.256 e. The van der Waals surface area contributed by atoms with Gasteiger partial charge in [0.2, 0.25) is 0 Å². The largest absolute Gasteiger partial charge is 0.489 e. The fraction of sp³-hybridized carbons (Fsp3) is 0.294. The van der Waals surface area contributed by atoms with Crippen LogP contribution in [0.1, 0.15) is 29.4 Å². The van der Waals surface area contributed by atoms with E-state index in [4.69, 9.17) is 4.74 Å². The molecule has 5 nitrogen and oxygen atoms in total. The highest BCUT2D eigenvalue weighted by molar-refractivity contribution is 5.93. The van der Waals surface area contributed by atoms with Crippen molar-refractivity contribution in [3.8, 4) is 5.75 Å². The first-order chi connectivity index (χ1) is 10.6. The Bertz CT molecular complexity index is 680. The second-order valence-electron chi connectivity index (χ2n) is 5.07. The number of aryl methyl sites for hydroxylation is 1. The predicted octanol–water partition coefficient (Wildman–Crippen LogP) is 2.27. The zero-order valence-electron chi connectivity index (χ0n) is 12.8. The van der Waals surface area contributed by atoms with E-state index in [1.165, 1.54) is 12.3 Å². The number of benzene rings is 1. The highest BCUT2D eigenvalue weighted by atomic mass is 16.5. The Morgan fingerprint density at radius 1 is 1.32 bits per heavy atom. The van der Waals surface area contributed by atoms with Gasteiger partial charge in [0.15, 0.2) is 5.43 Å². The fourth-order valence-corrected chi connectivity index (χ4v) is 2.01. The van der Waals surface area contributed by atoms with Crippen molar-refractivity contribution in [1.82, 2.24) is 10.3 Å². The Morgan fingerprint density at radius 2 is 2.05 bits per heavy atom. The minimum Gasteiger partial charge on any atom is -0.489 e. The van der Waals surface area contributed by atoms with E-state index in [1.807, 2.05) is 37.3 Å². The predicted molar refractivity (Wildman–Crippen MR) is 85.3 cm³/mol. The Hall–Kier alpha value is -2.56. The smallest absolute Gasteiger partial charge is 0.256 e. The van der Waals surface area contributed by atoms with E-state index in [2.05, 4.69) is 10.3 Å². The minimum atomic E-state index is -0.392. The van der Waals surface area contributed by atoms with Gasteiger partial charge in [-0.25, -0.2) is 0 Å². The molecular weight excluding hydrogens is 280 g/mol. The molecule has 1 aromatic carbocycles. The molecule has 1 atom stereocenters. The van der Waals surface area contributed by atoms with Crippen molar-refractivity contribution in [2.45, 2.75) is 26.4 Å². The summed E-state index contributed by atoms with van der Waals surface area (Å²) < 4.78 is 5.80. The number of aromatic nitrogens is 1. The first-order valence-electron chi connectivity index (χ1n) is 7.29. The first-order valence-corrected chi connectivity index (χ1v) is 7.29. The fourth-order valence-electron chi connectivity index (χ4n) is 2.01. The van der Waals surface area contributed by atoms with Crippen LogP contribution in [-0.2, 0) is 0 Å². The molecule has 0 bridgehead atoms. The highest BCUT2D eigenvalue weighted by Crippen LogP contribution is 2.12. The van der Waals surface area contributed by atoms with Crippen molar-refractivity contribution in [2.75, 3.05) is 6.54 Å². The average molecular weight is 300 g/mol. The van der Waals surface area contributed by atoms with E-state index in [0.717, 1.165) is 17.9 Å². The van der Waals surface area contributed by atoms with Gasteiger partial charge in [-0.15, -0.1) is 0 Å². The molecule has 0 aliphatic rings. The number of carbonyl (C=O) groups excluding carboxylic acids is 1. The summed E-state index contributed by atoms with van der Waals surface area (Å²) in [6.45, 7) is 4.10. The summed E-state index contributed by atoms with van der Waals surface area (Å²) in [4.78, 5) is 26.7. The van der Waals surface area contributed by atoms with Gasteiger partial charge >= 0.3 is 0 Å². The van der Waals surface area contributed by atoms with Crippen molar-refractivity contribution in [3.05, 3.63) is 64.1 Å². The van der Waals surface area contributed by atoms with Gasteiger partial charge in [0, 0.05) is 18.0 Å². The van der Waals surface area contributed by atoms with E-state index >= 15 is 0 Å². The average Bonchev–Trinajstić information content (AvgIpc) is 2.52. The number of ether oxygens (including phenoxy) is 1. The zero-order valence-corrected chi connectivity index (χ0v) is 12.8. The molecule has 1 aromatic heterocycles. The van der Waals surface area contributed by atoms with Gasteiger partial charge in [0.05, 0.1) is 6.54 Å². The number of carbonyl (C=O) groups is 1. The summed E-state index contributed by atoms with van der Waals surface area (Å²) in [6, 6.07) is 10.9. The van der Waals surface area contributed by atoms with Crippen molar-refractivity contribution in [3.63, 3.8) is 0 Å². The standard InChI is InChI=1S/C17H20N2O3/c1-3-13(22-14-7-5-4-6-8-14)10-19-17(21)15-11-18-12(2)9-16(15)20/h4-9,11,13H,3,10H2,1-2H3,(H,18,20)(H,19,21)/t13-/m1/s1. The van der Waals surface area contributed by atoms with Gasteiger partial charge in [-0.05, 0) is 25.5 Å². The Kier molecular flexibility index (Phi) is 5.36. The van der Waals surface area contributed by atoms with Gasteiger partial charge < -0.3 is 15.0 Å². The molecule has 0 fully saturated rings. The van der Waals surface area contributed by atoms with Crippen LogP contribution < -0.4 is 15.5 Å². The Labute approximate surface area is 129 Å². The van der Waals surface area contributed by atoms with Gasteiger partial charge in [-0.2, -0.15) is 0 Å². The van der Waals surface area contributed by atoms with E-state index in [9.17, 15) is 9.59 Å². The van der Waals surface area contributed by atoms with Gasteiger partial charge in [-0.1, -0.05) is 25.1 Å². The van der Waals surface area contributed by atoms with Crippen LogP contribution in [0.4, 0.5) is 0 Å². The molecule has 5 heteroatoms. The number of amides is 1. The number of hydrogen-bond donors (Lipinski definition) is 2. The highest BCUT2D eigenvalue weighted by Gasteiger charge is 2.13. The molecule has 0 saturated carbocycles. The lowest BCUT2D eigenvalue weighted by molar-refractivity contribution is 0.0924. The Morgan fingerprint density at radius 3 is 2.68 bits per heavy atom. The summed E-state index contributed by atoms with van der Waals surface area (Å²) >= 11 is 0. The van der Waals surface area contributed by atoms with Crippen LogP contribution in [0, 0.1) is 6.92 Å². The van der Waals surface area contributed by atoms with Crippen LogP contribution in [0.2, 0.25) is 0 Å². The molecule has 22 heavy (non-hydrogen) atoms. The molecule has 0 aliphatic carbocycles. The van der Waals surface area contributed by atoms with Crippen molar-refractivity contribution >= 4 is 5.91 Å². The summed E-state index contributed by atoms with van der Waals surface area (Å²) in [5, 5.41) is 2.75. The molecule has 2 rings (SSSR count). The maximum absolute atomic E-state index is 12.1. The maximum atomic E-state index is 12.1. The third kappa shape index (κ3) is 4.22. The molecule has 0 radical (unpaired) electrons. The van der Waals surface area contributed by atoms with Gasteiger partial charge in [0.1, 0.15) is 17.4 Å². The number of hydrogen-bond acceptors (Lipinski definition) is 3. The number of aromatic amines is 1. The van der Waals surface area contributed by atoms with Gasteiger partial charge in [0.25, 0.3) is 5.91 Å². The Balaban J connectivity index is 1.95. The van der Waals surface area contributed by atoms with Crippen molar-refractivity contribution in [1.29, 1.82) is 0 Å². The molecule has 2 N–H and O–H groups in total. The first kappa shape index (κ1) is 15.8. The molecule has 1 heterocycles. The lowest BCUT2D eigenvalue weighted by Crippen LogP contribution is -2.37. The topological polar surface area (TPSA) is 71.2 Å². The molecule has 0 saturated heterocycles. The number of pyridine rings is 1. The SMILES string of the molecule is CC[C@H](CNC(=O)c1c[nH]c(C)cc1=O)Oc1ccccc1. The van der Waals surface area contributed by atoms with E-state index in [1.54, 1.807) is 6.92 Å². The van der Waals surface area contributed by atoms with Crippen LogP contribution in [0.5, 0.6) is 5.75 Å². The number of nitrogens with one attached hydrogen (secondary N) is 2. The summed E-state index contributed by atoms with van der Waals surface area (Å²) in [5.41, 5.74) is 0.548. The number of rotatable bonds is 6.